The average molecular weight is 276 g/mol. The molecule has 19 heavy (non-hydrogen) atoms. The Bertz CT molecular complexity index is 580. The van der Waals surface area contributed by atoms with Gasteiger partial charge in [0.25, 0.3) is 0 Å². The first kappa shape index (κ1) is 12.7. The van der Waals surface area contributed by atoms with E-state index < -0.39 is 0 Å². The minimum Gasteiger partial charge on any atom is -0.368 e. The molecule has 4 nitrogen and oxygen atoms in total. The van der Waals surface area contributed by atoms with Crippen LogP contribution >= 0.6 is 11.3 Å². The fourth-order valence-electron chi connectivity index (χ4n) is 3.15. The van der Waals surface area contributed by atoms with Gasteiger partial charge in [0, 0.05) is 13.1 Å². The fourth-order valence-corrected chi connectivity index (χ4v) is 3.92. The van der Waals surface area contributed by atoms with Crippen molar-refractivity contribution < 1.29 is 0 Å². The van der Waals surface area contributed by atoms with Crippen LogP contribution in [0.1, 0.15) is 32.6 Å². The number of anilines is 2. The highest BCUT2D eigenvalue weighted by molar-refractivity contribution is 7.16. The lowest BCUT2D eigenvalue weighted by Gasteiger charge is -2.37. The van der Waals surface area contributed by atoms with Crippen molar-refractivity contribution in [2.24, 2.45) is 5.92 Å². The quantitative estimate of drug-likeness (QED) is 0.914. The predicted octanol–water partition coefficient (Wildman–Crippen LogP) is 3.29. The number of thiophene rings is 1. The predicted molar refractivity (Wildman–Crippen MR) is 81.7 cm³/mol. The number of hydrogen-bond donors (Lipinski definition) is 1. The Morgan fingerprint density at radius 1 is 1.32 bits per heavy atom. The van der Waals surface area contributed by atoms with Crippen molar-refractivity contribution in [1.29, 1.82) is 0 Å². The Hall–Kier alpha value is -1.36. The maximum absolute atomic E-state index is 5.84. The summed E-state index contributed by atoms with van der Waals surface area (Å²) in [5.74, 6) is 2.08. The van der Waals surface area contributed by atoms with Crippen molar-refractivity contribution in [2.75, 3.05) is 17.7 Å². The van der Waals surface area contributed by atoms with Crippen LogP contribution in [0, 0.1) is 5.92 Å². The Labute approximate surface area is 117 Å². The number of rotatable bonds is 2. The molecule has 2 unspecified atom stereocenters. The summed E-state index contributed by atoms with van der Waals surface area (Å²) in [5.41, 5.74) is 5.84. The van der Waals surface area contributed by atoms with Gasteiger partial charge < -0.3 is 10.6 Å². The minimum absolute atomic E-state index is 0.375. The largest absolute Gasteiger partial charge is 0.368 e. The summed E-state index contributed by atoms with van der Waals surface area (Å²) in [6, 6.07) is 2.66. The molecule has 1 aliphatic rings. The van der Waals surface area contributed by atoms with E-state index in [2.05, 4.69) is 40.3 Å². The van der Waals surface area contributed by atoms with Crippen LogP contribution < -0.4 is 10.6 Å². The smallest absolute Gasteiger partial charge is 0.223 e. The third-order valence-corrected chi connectivity index (χ3v) is 5.03. The Morgan fingerprint density at radius 3 is 2.89 bits per heavy atom. The number of nitrogens with two attached hydrogens (primary N) is 1. The molecule has 0 bridgehead atoms. The molecule has 3 rings (SSSR count). The van der Waals surface area contributed by atoms with Crippen molar-refractivity contribution in [3.8, 4) is 0 Å². The van der Waals surface area contributed by atoms with Crippen molar-refractivity contribution in [2.45, 2.75) is 38.6 Å². The molecule has 1 saturated carbocycles. The summed E-state index contributed by atoms with van der Waals surface area (Å²) in [4.78, 5) is 12.1. The van der Waals surface area contributed by atoms with Crippen LogP contribution in [0.15, 0.2) is 11.4 Å². The lowest BCUT2D eigenvalue weighted by atomic mass is 9.85. The summed E-state index contributed by atoms with van der Waals surface area (Å²) >= 11 is 1.62. The Morgan fingerprint density at radius 2 is 2.11 bits per heavy atom. The zero-order valence-corrected chi connectivity index (χ0v) is 12.3. The summed E-state index contributed by atoms with van der Waals surface area (Å²) in [6.07, 6.45) is 5.22. The topological polar surface area (TPSA) is 55.0 Å². The molecule has 1 aliphatic carbocycles. The van der Waals surface area contributed by atoms with Crippen molar-refractivity contribution >= 4 is 33.3 Å². The van der Waals surface area contributed by atoms with E-state index in [0.717, 1.165) is 16.0 Å². The molecule has 0 aliphatic heterocycles. The van der Waals surface area contributed by atoms with E-state index in [4.69, 9.17) is 5.73 Å². The van der Waals surface area contributed by atoms with Crippen molar-refractivity contribution in [3.05, 3.63) is 11.4 Å². The average Bonchev–Trinajstić information content (AvgIpc) is 2.85. The zero-order chi connectivity index (χ0) is 13.4. The van der Waals surface area contributed by atoms with Gasteiger partial charge in [-0.2, -0.15) is 4.98 Å². The van der Waals surface area contributed by atoms with Gasteiger partial charge >= 0.3 is 0 Å². The number of fused-ring (bicyclic) bond motifs is 1. The van der Waals surface area contributed by atoms with Crippen LogP contribution in [0.2, 0.25) is 0 Å². The van der Waals surface area contributed by atoms with Crippen LogP contribution in [0.3, 0.4) is 0 Å². The first-order chi connectivity index (χ1) is 9.16. The van der Waals surface area contributed by atoms with Gasteiger partial charge in [0.1, 0.15) is 10.6 Å². The number of nitrogens with zero attached hydrogens (tertiary/aromatic N) is 3. The maximum atomic E-state index is 5.84. The summed E-state index contributed by atoms with van der Waals surface area (Å²) in [7, 11) is 2.14. The Kier molecular flexibility index (Phi) is 3.31. The first-order valence-electron chi connectivity index (χ1n) is 6.90. The van der Waals surface area contributed by atoms with Crippen molar-refractivity contribution in [3.63, 3.8) is 0 Å². The molecule has 1 fully saturated rings. The second-order valence-electron chi connectivity index (χ2n) is 5.48. The molecule has 0 aromatic carbocycles. The Balaban J connectivity index is 2.00. The zero-order valence-electron chi connectivity index (χ0n) is 11.5. The molecular formula is C14H20N4S. The molecule has 102 valence electrons. The lowest BCUT2D eigenvalue weighted by molar-refractivity contribution is 0.321. The highest BCUT2D eigenvalue weighted by Crippen LogP contribution is 2.34. The van der Waals surface area contributed by atoms with E-state index >= 15 is 0 Å². The molecule has 5 heteroatoms. The van der Waals surface area contributed by atoms with Crippen LogP contribution in [-0.4, -0.2) is 23.1 Å². The second-order valence-corrected chi connectivity index (χ2v) is 6.38. The molecule has 0 spiro atoms. The van der Waals surface area contributed by atoms with Gasteiger partial charge in [-0.25, -0.2) is 4.98 Å². The number of aromatic nitrogens is 2. The van der Waals surface area contributed by atoms with Crippen LogP contribution in [0.25, 0.3) is 10.2 Å². The van der Waals surface area contributed by atoms with Gasteiger partial charge in [-0.05, 0) is 30.2 Å². The van der Waals surface area contributed by atoms with Gasteiger partial charge in [0.2, 0.25) is 5.95 Å². The van der Waals surface area contributed by atoms with Gasteiger partial charge in [-0.1, -0.05) is 19.8 Å². The molecular weight excluding hydrogens is 256 g/mol. The molecule has 2 atom stereocenters. The molecule has 0 saturated heterocycles. The van der Waals surface area contributed by atoms with Gasteiger partial charge in [-0.3, -0.25) is 0 Å². The van der Waals surface area contributed by atoms with E-state index in [9.17, 15) is 0 Å². The van der Waals surface area contributed by atoms with Crippen LogP contribution in [-0.2, 0) is 0 Å². The van der Waals surface area contributed by atoms with Gasteiger partial charge in [0.15, 0.2) is 0 Å². The summed E-state index contributed by atoms with van der Waals surface area (Å²) < 4.78 is 0. The van der Waals surface area contributed by atoms with Crippen molar-refractivity contribution in [1.82, 2.24) is 9.97 Å². The SMILES string of the molecule is CC1CCCCC1N(C)c1nc(N)nc2sccc12. The van der Waals surface area contributed by atoms with E-state index in [-0.39, 0.29) is 0 Å². The van der Waals surface area contributed by atoms with Gasteiger partial charge in [-0.15, -0.1) is 11.3 Å². The fraction of sp³-hybridized carbons (Fsp3) is 0.571. The molecule has 2 heterocycles. The normalized spacial score (nSPS) is 23.7. The maximum Gasteiger partial charge on any atom is 0.223 e. The van der Waals surface area contributed by atoms with E-state index in [1.165, 1.54) is 25.7 Å². The van der Waals surface area contributed by atoms with Crippen LogP contribution in [0.5, 0.6) is 0 Å². The number of nitrogen functional groups attached to an aromatic ring is 1. The van der Waals surface area contributed by atoms with E-state index in [1.807, 2.05) is 0 Å². The summed E-state index contributed by atoms with van der Waals surface area (Å²) in [5, 5.41) is 3.18. The molecule has 0 amide bonds. The second kappa shape index (κ2) is 4.96. The monoisotopic (exact) mass is 276 g/mol. The lowest BCUT2D eigenvalue weighted by Crippen LogP contribution is -2.39. The van der Waals surface area contributed by atoms with Crippen LogP contribution in [0.4, 0.5) is 11.8 Å². The van der Waals surface area contributed by atoms with Gasteiger partial charge in [0.05, 0.1) is 5.39 Å². The molecule has 2 N–H and O–H groups in total. The molecule has 2 aromatic heterocycles. The van der Waals surface area contributed by atoms with E-state index in [0.29, 0.717) is 17.9 Å². The molecule has 2 aromatic rings. The highest BCUT2D eigenvalue weighted by atomic mass is 32.1. The first-order valence-corrected chi connectivity index (χ1v) is 7.78. The third-order valence-electron chi connectivity index (χ3n) is 4.22. The summed E-state index contributed by atoms with van der Waals surface area (Å²) in [6.45, 7) is 2.34. The highest BCUT2D eigenvalue weighted by Gasteiger charge is 2.27. The minimum atomic E-state index is 0.375. The van der Waals surface area contributed by atoms with E-state index in [1.54, 1.807) is 11.3 Å². The third kappa shape index (κ3) is 2.27. The molecule has 0 radical (unpaired) electrons. The number of hydrogen-bond acceptors (Lipinski definition) is 5. The standard InChI is InChI=1S/C14H20N4S/c1-9-5-3-4-6-11(9)18(2)12-10-7-8-19-13(10)17-14(15)16-12/h7-9,11H,3-6H2,1-2H3,(H2,15,16,17).